The van der Waals surface area contributed by atoms with Crippen molar-refractivity contribution < 1.29 is 13.2 Å². The zero-order chi connectivity index (χ0) is 20.1. The van der Waals surface area contributed by atoms with E-state index in [1.807, 2.05) is 26.0 Å². The molecule has 1 saturated heterocycles. The molecule has 0 bridgehead atoms. The van der Waals surface area contributed by atoms with Crippen LogP contribution in [0.4, 0.5) is 5.69 Å². The molecule has 5 nitrogen and oxygen atoms in total. The molecular weight excluding hydrogens is 372 g/mol. The average Bonchev–Trinajstić information content (AvgIpc) is 2.96. The number of amides is 1. The molecule has 0 aliphatic carbocycles. The Morgan fingerprint density at radius 3 is 1.89 bits per heavy atom. The highest BCUT2D eigenvalue weighted by Crippen LogP contribution is 2.25. The molecule has 0 aromatic heterocycles. The molecule has 1 aliphatic rings. The van der Waals surface area contributed by atoms with Crippen molar-refractivity contribution in [1.82, 2.24) is 4.90 Å². The van der Waals surface area contributed by atoms with Gasteiger partial charge in [-0.05, 0) is 51.0 Å². The van der Waals surface area contributed by atoms with E-state index in [2.05, 4.69) is 0 Å². The number of sulfonamides is 1. The van der Waals surface area contributed by atoms with Gasteiger partial charge >= 0.3 is 0 Å². The topological polar surface area (TPSA) is 57.7 Å². The molecule has 2 aromatic rings. The van der Waals surface area contributed by atoms with E-state index < -0.39 is 10.0 Å². The molecule has 3 rings (SSSR count). The van der Waals surface area contributed by atoms with Crippen LogP contribution in [-0.2, 0) is 14.8 Å². The van der Waals surface area contributed by atoms with Crippen molar-refractivity contribution in [2.45, 2.75) is 44.4 Å². The van der Waals surface area contributed by atoms with Gasteiger partial charge < -0.3 is 4.90 Å². The second-order valence-corrected chi connectivity index (χ2v) is 9.32. The van der Waals surface area contributed by atoms with E-state index in [1.165, 1.54) is 4.31 Å². The fraction of sp³-hybridized carbons (Fsp3) is 0.409. The van der Waals surface area contributed by atoms with Gasteiger partial charge in [0.1, 0.15) is 6.54 Å². The van der Waals surface area contributed by atoms with Crippen molar-refractivity contribution in [1.29, 1.82) is 0 Å². The first-order valence-corrected chi connectivity index (χ1v) is 11.3. The van der Waals surface area contributed by atoms with E-state index in [-0.39, 0.29) is 17.3 Å². The standard InChI is InChI=1S/C22H28N2O3S/c1-18-7-11-20(12-8-18)24(17-22(25)23-15-5-3-4-6-16-23)28(26,27)21-13-9-19(2)10-14-21/h7-14H,3-6,15-17H2,1-2H3. The molecule has 2 aromatic carbocycles. The van der Waals surface area contributed by atoms with Gasteiger partial charge in [0.25, 0.3) is 10.0 Å². The number of hydrogen-bond acceptors (Lipinski definition) is 3. The Morgan fingerprint density at radius 1 is 0.857 bits per heavy atom. The fourth-order valence-corrected chi connectivity index (χ4v) is 4.82. The predicted octanol–water partition coefficient (Wildman–Crippen LogP) is 3.90. The second-order valence-electron chi connectivity index (χ2n) is 7.46. The summed E-state index contributed by atoms with van der Waals surface area (Å²) < 4.78 is 28.0. The maximum absolute atomic E-state index is 13.4. The first-order valence-electron chi connectivity index (χ1n) is 9.82. The van der Waals surface area contributed by atoms with Crippen molar-refractivity contribution >= 4 is 21.6 Å². The number of likely N-dealkylation sites (tertiary alicyclic amines) is 1. The Labute approximate surface area is 168 Å². The van der Waals surface area contributed by atoms with E-state index in [4.69, 9.17) is 0 Å². The Hall–Kier alpha value is -2.34. The van der Waals surface area contributed by atoms with E-state index in [0.29, 0.717) is 18.8 Å². The number of carbonyl (C=O) groups excluding carboxylic acids is 1. The zero-order valence-electron chi connectivity index (χ0n) is 16.6. The predicted molar refractivity (Wildman–Crippen MR) is 112 cm³/mol. The average molecular weight is 401 g/mol. The number of benzene rings is 2. The number of aryl methyl sites for hydroxylation is 2. The molecule has 0 radical (unpaired) electrons. The fourth-order valence-electron chi connectivity index (χ4n) is 3.41. The van der Waals surface area contributed by atoms with E-state index in [0.717, 1.165) is 36.8 Å². The molecule has 0 spiro atoms. The highest BCUT2D eigenvalue weighted by atomic mass is 32.2. The van der Waals surface area contributed by atoms with Crippen LogP contribution in [0.1, 0.15) is 36.8 Å². The molecule has 150 valence electrons. The normalized spacial score (nSPS) is 15.1. The highest BCUT2D eigenvalue weighted by molar-refractivity contribution is 7.92. The lowest BCUT2D eigenvalue weighted by molar-refractivity contribution is -0.129. The van der Waals surface area contributed by atoms with Crippen molar-refractivity contribution in [2.24, 2.45) is 0 Å². The molecule has 0 atom stereocenters. The molecular formula is C22H28N2O3S. The summed E-state index contributed by atoms with van der Waals surface area (Å²) in [6, 6.07) is 14.0. The van der Waals surface area contributed by atoms with Crippen LogP contribution in [0.3, 0.4) is 0 Å². The molecule has 6 heteroatoms. The third-order valence-corrected chi connectivity index (χ3v) is 6.96. The van der Waals surface area contributed by atoms with Gasteiger partial charge in [0.05, 0.1) is 10.6 Å². The minimum Gasteiger partial charge on any atom is -0.341 e. The van der Waals surface area contributed by atoms with Crippen molar-refractivity contribution in [2.75, 3.05) is 23.9 Å². The Kier molecular flexibility index (Phi) is 6.39. The second kappa shape index (κ2) is 8.78. The van der Waals surface area contributed by atoms with Crippen LogP contribution >= 0.6 is 0 Å². The smallest absolute Gasteiger partial charge is 0.264 e. The molecule has 1 amide bonds. The van der Waals surface area contributed by atoms with Crippen molar-refractivity contribution in [3.63, 3.8) is 0 Å². The maximum atomic E-state index is 13.4. The van der Waals surface area contributed by atoms with Crippen LogP contribution in [-0.4, -0.2) is 38.9 Å². The highest BCUT2D eigenvalue weighted by Gasteiger charge is 2.29. The number of rotatable bonds is 5. The molecule has 0 saturated carbocycles. The number of anilines is 1. The molecule has 28 heavy (non-hydrogen) atoms. The summed E-state index contributed by atoms with van der Waals surface area (Å²) in [4.78, 5) is 15.0. The molecule has 0 unspecified atom stereocenters. The molecule has 1 fully saturated rings. The van der Waals surface area contributed by atoms with Gasteiger partial charge in [-0.15, -0.1) is 0 Å². The SMILES string of the molecule is Cc1ccc(N(CC(=O)N2CCCCCC2)S(=O)(=O)c2ccc(C)cc2)cc1. The summed E-state index contributed by atoms with van der Waals surface area (Å²) >= 11 is 0. The van der Waals surface area contributed by atoms with Gasteiger partial charge in [0, 0.05) is 13.1 Å². The van der Waals surface area contributed by atoms with Gasteiger partial charge in [-0.2, -0.15) is 0 Å². The van der Waals surface area contributed by atoms with Crippen LogP contribution < -0.4 is 4.31 Å². The van der Waals surface area contributed by atoms with E-state index in [1.54, 1.807) is 41.3 Å². The van der Waals surface area contributed by atoms with Gasteiger partial charge in [0.2, 0.25) is 5.91 Å². The monoisotopic (exact) mass is 400 g/mol. The Morgan fingerprint density at radius 2 is 1.36 bits per heavy atom. The summed E-state index contributed by atoms with van der Waals surface area (Å²) in [5, 5.41) is 0. The van der Waals surface area contributed by atoms with Gasteiger partial charge in [-0.25, -0.2) is 8.42 Å². The molecule has 0 N–H and O–H groups in total. The van der Waals surface area contributed by atoms with Crippen LogP contribution in [0.2, 0.25) is 0 Å². The first kappa shape index (κ1) is 20.4. The van der Waals surface area contributed by atoms with Crippen LogP contribution in [0.25, 0.3) is 0 Å². The zero-order valence-corrected chi connectivity index (χ0v) is 17.4. The number of nitrogens with zero attached hydrogens (tertiary/aromatic N) is 2. The quantitative estimate of drug-likeness (QED) is 0.765. The van der Waals surface area contributed by atoms with Crippen molar-refractivity contribution in [3.05, 3.63) is 59.7 Å². The first-order chi connectivity index (χ1) is 13.4. The van der Waals surface area contributed by atoms with Gasteiger partial charge in [-0.3, -0.25) is 9.10 Å². The number of hydrogen-bond donors (Lipinski definition) is 0. The summed E-state index contributed by atoms with van der Waals surface area (Å²) in [5.41, 5.74) is 2.53. The molecule has 1 heterocycles. The van der Waals surface area contributed by atoms with Crippen LogP contribution in [0.5, 0.6) is 0 Å². The minimum absolute atomic E-state index is 0.141. The minimum atomic E-state index is -3.84. The Balaban J connectivity index is 1.93. The van der Waals surface area contributed by atoms with E-state index >= 15 is 0 Å². The summed E-state index contributed by atoms with van der Waals surface area (Å²) in [5.74, 6) is -0.141. The van der Waals surface area contributed by atoms with Gasteiger partial charge in [0.15, 0.2) is 0 Å². The summed E-state index contributed by atoms with van der Waals surface area (Å²) in [7, 11) is -3.84. The lowest BCUT2D eigenvalue weighted by atomic mass is 10.2. The Bertz CT molecular complexity index is 898. The third kappa shape index (κ3) is 4.73. The summed E-state index contributed by atoms with van der Waals surface area (Å²) in [6.07, 6.45) is 4.18. The molecule has 1 aliphatic heterocycles. The lowest BCUT2D eigenvalue weighted by Gasteiger charge is -2.28. The third-order valence-electron chi connectivity index (χ3n) is 5.17. The lowest BCUT2D eigenvalue weighted by Crippen LogP contribution is -2.43. The van der Waals surface area contributed by atoms with Crippen LogP contribution in [0, 0.1) is 13.8 Å². The van der Waals surface area contributed by atoms with Crippen LogP contribution in [0.15, 0.2) is 53.4 Å². The van der Waals surface area contributed by atoms with Gasteiger partial charge in [-0.1, -0.05) is 48.2 Å². The van der Waals surface area contributed by atoms with E-state index in [9.17, 15) is 13.2 Å². The number of carbonyl (C=O) groups is 1. The summed E-state index contributed by atoms with van der Waals surface area (Å²) in [6.45, 7) is 5.08. The van der Waals surface area contributed by atoms with Crippen molar-refractivity contribution in [3.8, 4) is 0 Å². The largest absolute Gasteiger partial charge is 0.341 e. The maximum Gasteiger partial charge on any atom is 0.264 e.